The number of amides is 2. The highest BCUT2D eigenvalue weighted by molar-refractivity contribution is 6.31. The number of nitrogens with zero attached hydrogens (tertiary/aromatic N) is 1. The maximum absolute atomic E-state index is 15.0. The Kier molecular flexibility index (Phi) is 5.09. The quantitative estimate of drug-likeness (QED) is 0.232. The van der Waals surface area contributed by atoms with Crippen molar-refractivity contribution in [1.29, 1.82) is 0 Å². The molecule has 0 aromatic heterocycles. The van der Waals surface area contributed by atoms with Crippen molar-refractivity contribution >= 4 is 34.9 Å². The minimum Gasteiger partial charge on any atom is -0.485 e. The molecule has 36 heavy (non-hydrogen) atoms. The predicted molar refractivity (Wildman–Crippen MR) is 120 cm³/mol. The van der Waals surface area contributed by atoms with Gasteiger partial charge in [0, 0.05) is 11.6 Å². The number of benzene rings is 2. The molecule has 1 saturated heterocycles. The summed E-state index contributed by atoms with van der Waals surface area (Å²) in [7, 11) is 0. The lowest BCUT2D eigenvalue weighted by atomic mass is 9.63. The van der Waals surface area contributed by atoms with Crippen LogP contribution < -0.4 is 9.64 Å². The van der Waals surface area contributed by atoms with Gasteiger partial charge in [-0.05, 0) is 60.4 Å². The molecule has 4 aliphatic carbocycles. The van der Waals surface area contributed by atoms with E-state index in [-0.39, 0.29) is 28.8 Å². The molecular formula is C26H18ClF4NO4. The van der Waals surface area contributed by atoms with Crippen LogP contribution in [0.1, 0.15) is 22.3 Å². The lowest BCUT2D eigenvalue weighted by Gasteiger charge is -2.37. The van der Waals surface area contributed by atoms with Crippen LogP contribution in [-0.4, -0.2) is 24.2 Å². The van der Waals surface area contributed by atoms with Crippen molar-refractivity contribution in [3.63, 3.8) is 0 Å². The number of halogens is 5. The number of anilines is 1. The Morgan fingerprint density at radius 1 is 1.00 bits per heavy atom. The molecule has 2 amide bonds. The van der Waals surface area contributed by atoms with E-state index in [0.717, 1.165) is 29.5 Å². The Balaban J connectivity index is 1.17. The zero-order valence-electron chi connectivity index (χ0n) is 18.5. The molecule has 7 rings (SSSR count). The summed E-state index contributed by atoms with van der Waals surface area (Å²) in [4.78, 5) is 39.6. The Morgan fingerprint density at radius 2 is 1.64 bits per heavy atom. The van der Waals surface area contributed by atoms with Gasteiger partial charge < -0.3 is 4.74 Å². The number of ketones is 1. The highest BCUT2D eigenvalue weighted by atomic mass is 35.5. The molecule has 1 heterocycles. The van der Waals surface area contributed by atoms with Crippen molar-refractivity contribution in [2.24, 2.45) is 35.5 Å². The van der Waals surface area contributed by atoms with E-state index < -0.39 is 58.6 Å². The average molecular weight is 520 g/mol. The molecule has 5 aliphatic rings. The molecule has 10 heteroatoms. The van der Waals surface area contributed by atoms with E-state index >= 15 is 4.39 Å². The fourth-order valence-corrected chi connectivity index (χ4v) is 6.33. The van der Waals surface area contributed by atoms with Gasteiger partial charge in [-0.3, -0.25) is 14.4 Å². The molecule has 0 spiro atoms. The van der Waals surface area contributed by atoms with Gasteiger partial charge in [-0.2, -0.15) is 13.2 Å². The minimum atomic E-state index is -4.73. The van der Waals surface area contributed by atoms with Gasteiger partial charge in [-0.25, -0.2) is 9.29 Å². The first-order valence-corrected chi connectivity index (χ1v) is 11.8. The molecular weight excluding hydrogens is 502 g/mol. The summed E-state index contributed by atoms with van der Waals surface area (Å²) < 4.78 is 59.5. The fourth-order valence-electron chi connectivity index (χ4n) is 6.10. The third-order valence-electron chi connectivity index (χ3n) is 7.79. The number of ether oxygens (including phenoxy) is 1. The second kappa shape index (κ2) is 7.90. The molecule has 2 saturated carbocycles. The summed E-state index contributed by atoms with van der Waals surface area (Å²) in [6.45, 7) is -0.652. The summed E-state index contributed by atoms with van der Waals surface area (Å²) in [6.07, 6.45) is 0.336. The van der Waals surface area contributed by atoms with E-state index in [2.05, 4.69) is 0 Å². The molecule has 0 radical (unpaired) electrons. The number of rotatable bonds is 5. The SMILES string of the molecule is O=C(COc1ccc(N2C(=O)C3C(C2=O)[C@H]2C=C[C@@H]3C3CC32)c(F)c1)c1ccc(Cl)c(C(F)(F)F)c1. The monoisotopic (exact) mass is 519 g/mol. The lowest BCUT2D eigenvalue weighted by molar-refractivity contribution is -0.137. The van der Waals surface area contributed by atoms with Crippen LogP contribution in [0.2, 0.25) is 5.02 Å². The van der Waals surface area contributed by atoms with Crippen LogP contribution in [0.4, 0.5) is 23.2 Å². The number of carbonyl (C=O) groups is 3. The van der Waals surface area contributed by atoms with Crippen molar-refractivity contribution in [3.8, 4) is 5.75 Å². The van der Waals surface area contributed by atoms with Gasteiger partial charge in [0.15, 0.2) is 18.2 Å². The number of carbonyl (C=O) groups excluding carboxylic acids is 3. The van der Waals surface area contributed by atoms with E-state index in [4.69, 9.17) is 16.3 Å². The van der Waals surface area contributed by atoms with E-state index in [1.807, 2.05) is 12.2 Å². The van der Waals surface area contributed by atoms with Gasteiger partial charge in [0.2, 0.25) is 11.8 Å². The first-order valence-electron chi connectivity index (χ1n) is 11.4. The zero-order valence-corrected chi connectivity index (χ0v) is 19.2. The van der Waals surface area contributed by atoms with Gasteiger partial charge in [-0.1, -0.05) is 23.8 Å². The van der Waals surface area contributed by atoms with Gasteiger partial charge in [0.05, 0.1) is 28.1 Å². The number of hydrogen-bond donors (Lipinski definition) is 0. The Hall–Kier alpha value is -3.20. The molecule has 4 unspecified atom stereocenters. The molecule has 1 aliphatic heterocycles. The van der Waals surface area contributed by atoms with Gasteiger partial charge in [0.25, 0.3) is 0 Å². The van der Waals surface area contributed by atoms with Crippen molar-refractivity contribution in [2.45, 2.75) is 12.6 Å². The number of imide groups is 1. The molecule has 2 aromatic rings. The maximum Gasteiger partial charge on any atom is 0.417 e. The van der Waals surface area contributed by atoms with Crippen LogP contribution in [-0.2, 0) is 15.8 Å². The standard InChI is InChI=1S/C26H18ClF4NO4/c27-18-5-1-11(7-17(18)26(29,30)31)21(33)10-36-12-2-6-20(19(28)8-12)32-24(34)22-13-3-4-14(16-9-15(13)16)23(22)25(32)35/h1-8,13-16,22-23H,9-10H2/t13-,14+,15?,16?,22?,23?. The smallest absolute Gasteiger partial charge is 0.417 e. The van der Waals surface area contributed by atoms with Gasteiger partial charge in [-0.15, -0.1) is 0 Å². The number of Topliss-reactive ketones (excluding diaryl/α,β-unsaturated/α-hetero) is 1. The number of alkyl halides is 3. The van der Waals surface area contributed by atoms with Crippen molar-refractivity contribution in [1.82, 2.24) is 0 Å². The third-order valence-corrected chi connectivity index (χ3v) is 8.12. The van der Waals surface area contributed by atoms with Crippen molar-refractivity contribution < 1.29 is 36.7 Å². The molecule has 5 nitrogen and oxygen atoms in total. The second-order valence-electron chi connectivity index (χ2n) is 9.68. The van der Waals surface area contributed by atoms with Gasteiger partial charge in [0.1, 0.15) is 5.75 Å². The van der Waals surface area contributed by atoms with E-state index in [0.29, 0.717) is 17.9 Å². The molecule has 3 fully saturated rings. The highest BCUT2D eigenvalue weighted by Gasteiger charge is 2.67. The van der Waals surface area contributed by atoms with Crippen LogP contribution in [0.5, 0.6) is 5.75 Å². The molecule has 2 aromatic carbocycles. The van der Waals surface area contributed by atoms with Gasteiger partial charge >= 0.3 is 6.18 Å². The average Bonchev–Trinajstić information content (AvgIpc) is 3.61. The summed E-state index contributed by atoms with van der Waals surface area (Å²) >= 11 is 5.57. The fraction of sp³-hybridized carbons (Fsp3) is 0.346. The van der Waals surface area contributed by atoms with Crippen LogP contribution in [0.25, 0.3) is 0 Å². The topological polar surface area (TPSA) is 63.7 Å². The third kappa shape index (κ3) is 3.47. The first-order chi connectivity index (χ1) is 17.1. The predicted octanol–water partition coefficient (Wildman–Crippen LogP) is 5.32. The van der Waals surface area contributed by atoms with Crippen LogP contribution in [0.3, 0.4) is 0 Å². The maximum atomic E-state index is 15.0. The summed E-state index contributed by atoms with van der Waals surface area (Å²) in [6, 6.07) is 6.23. The summed E-state index contributed by atoms with van der Waals surface area (Å²) in [5.74, 6) is -2.60. The Labute approximate surface area is 207 Å². The zero-order chi connectivity index (χ0) is 25.5. The van der Waals surface area contributed by atoms with Crippen LogP contribution in [0.15, 0.2) is 48.6 Å². The number of hydrogen-bond acceptors (Lipinski definition) is 4. The summed E-state index contributed by atoms with van der Waals surface area (Å²) in [5, 5.41) is -0.538. The van der Waals surface area contributed by atoms with Crippen LogP contribution >= 0.6 is 11.6 Å². The molecule has 2 bridgehead atoms. The number of allylic oxidation sites excluding steroid dienone is 2. The Morgan fingerprint density at radius 3 is 2.22 bits per heavy atom. The lowest BCUT2D eigenvalue weighted by Crippen LogP contribution is -2.40. The summed E-state index contributed by atoms with van der Waals surface area (Å²) in [5.41, 5.74) is -1.59. The van der Waals surface area contributed by atoms with E-state index in [1.165, 1.54) is 12.1 Å². The molecule has 0 N–H and O–H groups in total. The highest BCUT2D eigenvalue weighted by Crippen LogP contribution is 2.65. The van der Waals surface area contributed by atoms with E-state index in [1.54, 1.807) is 0 Å². The van der Waals surface area contributed by atoms with Crippen molar-refractivity contribution in [2.75, 3.05) is 11.5 Å². The normalized spacial score (nSPS) is 29.9. The van der Waals surface area contributed by atoms with Crippen molar-refractivity contribution in [3.05, 3.63) is 70.5 Å². The molecule has 186 valence electrons. The first kappa shape index (κ1) is 23.2. The van der Waals surface area contributed by atoms with E-state index in [9.17, 15) is 27.6 Å². The largest absolute Gasteiger partial charge is 0.485 e. The second-order valence-corrected chi connectivity index (χ2v) is 10.1. The molecule has 6 atom stereocenters. The Bertz CT molecular complexity index is 1320. The minimum absolute atomic E-state index is 0.00820. The van der Waals surface area contributed by atoms with Crippen LogP contribution in [0, 0.1) is 41.3 Å².